The summed E-state index contributed by atoms with van der Waals surface area (Å²) in [5, 5.41) is 38.0. The molecular formula is C28H25ClN4O8. The highest BCUT2D eigenvalue weighted by molar-refractivity contribution is 6.67. The lowest BCUT2D eigenvalue weighted by Gasteiger charge is -2.09. The van der Waals surface area contributed by atoms with Crippen LogP contribution in [0.4, 0.5) is 11.4 Å². The second-order valence-corrected chi connectivity index (χ2v) is 8.46. The summed E-state index contributed by atoms with van der Waals surface area (Å²) in [5.41, 5.74) is 7.62. The second-order valence-electron chi connectivity index (χ2n) is 8.12. The minimum absolute atomic E-state index is 0.0247. The summed E-state index contributed by atoms with van der Waals surface area (Å²) >= 11 is 5.23. The Labute approximate surface area is 238 Å². The molecule has 0 aliphatic rings. The van der Waals surface area contributed by atoms with Gasteiger partial charge in [0.15, 0.2) is 0 Å². The lowest BCUT2D eigenvalue weighted by atomic mass is 10.1. The number of hydrogen-bond acceptors (Lipinski definition) is 9. The largest absolute Gasteiger partial charge is 0.506 e. The van der Waals surface area contributed by atoms with Crippen molar-refractivity contribution in [2.45, 2.75) is 13.8 Å². The summed E-state index contributed by atoms with van der Waals surface area (Å²) in [6.07, 6.45) is 3.20. The van der Waals surface area contributed by atoms with Gasteiger partial charge < -0.3 is 31.5 Å². The molecule has 0 saturated carbocycles. The first-order chi connectivity index (χ1) is 19.3. The zero-order valence-corrected chi connectivity index (χ0v) is 22.5. The van der Waals surface area contributed by atoms with Crippen LogP contribution >= 0.6 is 11.6 Å². The van der Waals surface area contributed by atoms with Gasteiger partial charge in [-0.1, -0.05) is 0 Å². The fraction of sp³-hybridized carbons (Fsp3) is 0.0714. The normalized spacial score (nSPS) is 9.73. The Hall–Kier alpha value is -5.49. The summed E-state index contributed by atoms with van der Waals surface area (Å²) in [6, 6.07) is 14.1. The van der Waals surface area contributed by atoms with E-state index in [1.54, 1.807) is 50.5 Å². The van der Waals surface area contributed by atoms with E-state index in [4.69, 9.17) is 32.7 Å². The molecule has 0 unspecified atom stereocenters. The minimum Gasteiger partial charge on any atom is -0.506 e. The Morgan fingerprint density at radius 1 is 0.756 bits per heavy atom. The number of carboxylic acid groups (broad SMARTS) is 2. The van der Waals surface area contributed by atoms with Gasteiger partial charge in [0.05, 0.1) is 33.6 Å². The van der Waals surface area contributed by atoms with Gasteiger partial charge in [-0.2, -0.15) is 0 Å². The average molecular weight is 581 g/mol. The molecule has 0 aliphatic carbocycles. The maximum Gasteiger partial charge on any atom is 0.335 e. The number of carbonyl (C=O) groups is 4. The van der Waals surface area contributed by atoms with E-state index in [2.05, 4.69) is 15.3 Å². The van der Waals surface area contributed by atoms with Gasteiger partial charge >= 0.3 is 11.9 Å². The van der Waals surface area contributed by atoms with Crippen molar-refractivity contribution in [3.8, 4) is 11.5 Å². The monoisotopic (exact) mass is 580 g/mol. The van der Waals surface area contributed by atoms with E-state index in [-0.39, 0.29) is 34.0 Å². The lowest BCUT2D eigenvalue weighted by Crippen LogP contribution is -2.14. The first-order valence-corrected chi connectivity index (χ1v) is 11.9. The third kappa shape index (κ3) is 9.33. The van der Waals surface area contributed by atoms with Crippen molar-refractivity contribution in [3.05, 3.63) is 107 Å². The maximum atomic E-state index is 12.0. The molecule has 0 fully saturated rings. The van der Waals surface area contributed by atoms with Gasteiger partial charge in [0.2, 0.25) is 0 Å². The number of halogens is 1. The van der Waals surface area contributed by atoms with E-state index >= 15 is 0 Å². The summed E-state index contributed by atoms with van der Waals surface area (Å²) in [6.45, 7) is 3.44. The van der Waals surface area contributed by atoms with Crippen molar-refractivity contribution in [1.29, 1.82) is 0 Å². The van der Waals surface area contributed by atoms with E-state index in [9.17, 15) is 24.3 Å². The van der Waals surface area contributed by atoms with Crippen LogP contribution in [0.3, 0.4) is 0 Å². The molecule has 1 amide bonds. The van der Waals surface area contributed by atoms with Gasteiger partial charge in [-0.15, -0.1) is 0 Å². The molecule has 12 nitrogen and oxygen atoms in total. The van der Waals surface area contributed by atoms with Crippen LogP contribution in [0.5, 0.6) is 11.5 Å². The maximum absolute atomic E-state index is 12.0. The van der Waals surface area contributed by atoms with Gasteiger partial charge in [0, 0.05) is 23.8 Å². The Morgan fingerprint density at radius 3 is 1.66 bits per heavy atom. The van der Waals surface area contributed by atoms with Crippen LogP contribution in [0.2, 0.25) is 0 Å². The van der Waals surface area contributed by atoms with E-state index < -0.39 is 23.1 Å². The highest BCUT2D eigenvalue weighted by Gasteiger charge is 2.13. The molecule has 0 spiro atoms. The van der Waals surface area contributed by atoms with Crippen LogP contribution < -0.4 is 11.1 Å². The third-order valence-electron chi connectivity index (χ3n) is 5.24. The quantitative estimate of drug-likeness (QED) is 0.110. The fourth-order valence-corrected chi connectivity index (χ4v) is 3.25. The van der Waals surface area contributed by atoms with Crippen molar-refractivity contribution in [2.75, 3.05) is 11.1 Å². The zero-order valence-electron chi connectivity index (χ0n) is 21.7. The SMILES string of the molecule is Cc1ncccc1C(=O)Cl.Cc1ncccc1C(=O)Nc1ccc(C(=O)O)cc1O.Nc1ccc(C(=O)O)cc1O. The number of aryl methyl sites for hydroxylation is 2. The van der Waals surface area contributed by atoms with Gasteiger partial charge in [-0.05, 0) is 86.1 Å². The number of phenols is 2. The molecule has 2 aromatic heterocycles. The predicted octanol–water partition coefficient (Wildman–Crippen LogP) is 4.49. The average Bonchev–Trinajstić information content (AvgIpc) is 2.92. The summed E-state index contributed by atoms with van der Waals surface area (Å²) < 4.78 is 0. The number of aromatic hydroxyl groups is 2. The Kier molecular flexibility index (Phi) is 11.3. The second kappa shape index (κ2) is 14.6. The molecule has 0 atom stereocenters. The number of nitrogens with zero attached hydrogens (tertiary/aromatic N) is 2. The van der Waals surface area contributed by atoms with Crippen molar-refractivity contribution >= 4 is 46.1 Å². The highest BCUT2D eigenvalue weighted by atomic mass is 35.5. The van der Waals surface area contributed by atoms with Crippen LogP contribution in [-0.2, 0) is 0 Å². The van der Waals surface area contributed by atoms with Gasteiger partial charge in [0.25, 0.3) is 11.1 Å². The van der Waals surface area contributed by atoms with E-state index in [1.165, 1.54) is 24.3 Å². The molecule has 0 saturated heterocycles. The number of carboxylic acids is 2. The number of pyridine rings is 2. The number of nitrogen functional groups attached to an aromatic ring is 1. The minimum atomic E-state index is -1.15. The van der Waals surface area contributed by atoms with Crippen LogP contribution in [0, 0.1) is 13.8 Å². The van der Waals surface area contributed by atoms with E-state index in [0.29, 0.717) is 22.5 Å². The molecule has 2 aromatic carbocycles. The Balaban J connectivity index is 0.000000236. The number of benzene rings is 2. The standard InChI is InChI=1S/C14H12N2O4.C7H6ClNO.C7H7NO3/c1-8-10(3-2-6-15-8)13(18)16-11-5-4-9(14(19)20)7-12(11)17;1-5-6(7(8)10)3-2-4-9-5;8-5-2-1-4(7(10)11)3-6(5)9/h2-7,17H,1H3,(H,16,18)(H,19,20);2-4H,1H3;1-3,9H,8H2,(H,10,11). The van der Waals surface area contributed by atoms with Crippen molar-refractivity contribution < 1.29 is 39.6 Å². The molecular weight excluding hydrogens is 556 g/mol. The van der Waals surface area contributed by atoms with Crippen molar-refractivity contribution in [2.24, 2.45) is 0 Å². The number of phenolic OH excluding ortho intramolecular Hbond substituents is 2. The van der Waals surface area contributed by atoms with Crippen molar-refractivity contribution in [1.82, 2.24) is 9.97 Å². The first kappa shape index (κ1) is 31.7. The van der Waals surface area contributed by atoms with Gasteiger partial charge in [-0.3, -0.25) is 19.6 Å². The predicted molar refractivity (Wildman–Crippen MR) is 151 cm³/mol. The molecule has 13 heteroatoms. The van der Waals surface area contributed by atoms with Crippen molar-refractivity contribution in [3.63, 3.8) is 0 Å². The number of anilines is 2. The number of nitrogens with one attached hydrogen (secondary N) is 1. The summed E-state index contributed by atoms with van der Waals surface area (Å²) in [7, 11) is 0. The number of amides is 1. The molecule has 7 N–H and O–H groups in total. The molecule has 4 aromatic rings. The van der Waals surface area contributed by atoms with E-state index in [0.717, 1.165) is 12.1 Å². The lowest BCUT2D eigenvalue weighted by molar-refractivity contribution is 0.0686. The number of carbonyl (C=O) groups excluding carboxylic acids is 2. The number of aromatic carboxylic acids is 2. The Bertz CT molecular complexity index is 1590. The molecule has 0 bridgehead atoms. The number of aromatic nitrogens is 2. The molecule has 212 valence electrons. The number of hydrogen-bond donors (Lipinski definition) is 6. The van der Waals surface area contributed by atoms with Gasteiger partial charge in [-0.25, -0.2) is 9.59 Å². The van der Waals surface area contributed by atoms with E-state index in [1.807, 2.05) is 0 Å². The smallest absolute Gasteiger partial charge is 0.335 e. The topological polar surface area (TPSA) is 213 Å². The van der Waals surface area contributed by atoms with Crippen LogP contribution in [0.15, 0.2) is 73.1 Å². The molecule has 41 heavy (non-hydrogen) atoms. The molecule has 4 rings (SSSR count). The van der Waals surface area contributed by atoms with Crippen LogP contribution in [0.25, 0.3) is 0 Å². The highest BCUT2D eigenvalue weighted by Crippen LogP contribution is 2.25. The van der Waals surface area contributed by atoms with Gasteiger partial charge in [0.1, 0.15) is 11.5 Å². The number of rotatable bonds is 5. The summed E-state index contributed by atoms with van der Waals surface area (Å²) in [5.74, 6) is -3.17. The molecule has 0 radical (unpaired) electrons. The van der Waals surface area contributed by atoms with Crippen LogP contribution in [0.1, 0.15) is 52.8 Å². The molecule has 0 aliphatic heterocycles. The first-order valence-electron chi connectivity index (χ1n) is 11.5. The van der Waals surface area contributed by atoms with Crippen LogP contribution in [-0.4, -0.2) is 53.5 Å². The zero-order chi connectivity index (χ0) is 30.7. The summed E-state index contributed by atoms with van der Waals surface area (Å²) in [4.78, 5) is 51.6. The molecule has 2 heterocycles. The fourth-order valence-electron chi connectivity index (χ4n) is 3.05. The third-order valence-corrected chi connectivity index (χ3v) is 5.44. The Morgan fingerprint density at radius 2 is 1.24 bits per heavy atom. The number of nitrogens with two attached hydrogens (primary N) is 1.